The molecule has 0 bridgehead atoms. The molecule has 2 aliphatic rings. The van der Waals surface area contributed by atoms with Gasteiger partial charge in [-0.15, -0.1) is 0 Å². The lowest BCUT2D eigenvalue weighted by Gasteiger charge is -2.27. The number of carbonyl (C=O) groups excluding carboxylic acids is 1. The zero-order valence-corrected chi connectivity index (χ0v) is 19.8. The highest BCUT2D eigenvalue weighted by Gasteiger charge is 2.32. The van der Waals surface area contributed by atoms with E-state index in [4.69, 9.17) is 24.9 Å². The van der Waals surface area contributed by atoms with E-state index in [0.29, 0.717) is 35.4 Å². The number of nitrogens with one attached hydrogen (secondary N) is 1. The molecule has 0 amide bonds. The molecule has 1 fully saturated rings. The summed E-state index contributed by atoms with van der Waals surface area (Å²) in [7, 11) is 1.62. The Morgan fingerprint density at radius 2 is 1.97 bits per heavy atom. The van der Waals surface area contributed by atoms with Gasteiger partial charge in [0.05, 0.1) is 28.8 Å². The molecule has 3 atom stereocenters. The highest BCUT2D eigenvalue weighted by Crippen LogP contribution is 2.36. The van der Waals surface area contributed by atoms with Gasteiger partial charge in [0.2, 0.25) is 5.88 Å². The number of anilines is 2. The van der Waals surface area contributed by atoms with Crippen LogP contribution in [-0.4, -0.2) is 46.8 Å². The molecule has 0 unspecified atom stereocenters. The quantitative estimate of drug-likeness (QED) is 0.504. The lowest BCUT2D eigenvalue weighted by Crippen LogP contribution is -2.38. The lowest BCUT2D eigenvalue weighted by molar-refractivity contribution is 0.0235. The van der Waals surface area contributed by atoms with Crippen molar-refractivity contribution in [1.82, 2.24) is 15.0 Å². The van der Waals surface area contributed by atoms with E-state index in [2.05, 4.69) is 15.3 Å². The maximum atomic E-state index is 12.2. The monoisotopic (exact) mass is 463 g/mol. The molecular formula is C25H29N5O4. The Morgan fingerprint density at radius 3 is 2.71 bits per heavy atom. The molecule has 178 valence electrons. The molecular weight excluding hydrogens is 434 g/mol. The first-order valence-electron chi connectivity index (χ1n) is 11.5. The Kier molecular flexibility index (Phi) is 5.61. The standard InChI is InChI=1S/C25H29N5O4/c1-13-14(2)33-24(31)16-7-8-20(30-22(13)16)29-21-9-17-18(10-27-21)23(34-15-5-6-15)28-11-19(17)25(3,26)12-32-4/h7-11,13-15H,5-6,12,26H2,1-4H3,(H,27,29,30)/t13-,14-,25-/m0/s1. The number of hydrogen-bond acceptors (Lipinski definition) is 9. The Labute approximate surface area is 198 Å². The lowest BCUT2D eigenvalue weighted by atomic mass is 9.91. The molecule has 1 aliphatic carbocycles. The summed E-state index contributed by atoms with van der Waals surface area (Å²) in [6.07, 6.45) is 5.54. The molecule has 1 aliphatic heterocycles. The van der Waals surface area contributed by atoms with Crippen molar-refractivity contribution in [2.45, 2.75) is 57.3 Å². The van der Waals surface area contributed by atoms with Crippen LogP contribution in [0.3, 0.4) is 0 Å². The first-order valence-corrected chi connectivity index (χ1v) is 11.5. The van der Waals surface area contributed by atoms with Gasteiger partial charge in [0.1, 0.15) is 23.8 Å². The number of nitrogens with two attached hydrogens (primary N) is 1. The molecule has 3 aromatic heterocycles. The molecule has 9 nitrogen and oxygen atoms in total. The predicted molar refractivity (Wildman–Crippen MR) is 127 cm³/mol. The molecule has 4 heterocycles. The Balaban J connectivity index is 1.54. The first kappa shape index (κ1) is 22.5. The van der Waals surface area contributed by atoms with E-state index in [1.165, 1.54) is 0 Å². The van der Waals surface area contributed by atoms with Crippen molar-refractivity contribution in [1.29, 1.82) is 0 Å². The number of rotatable bonds is 7. The van der Waals surface area contributed by atoms with Crippen LogP contribution in [-0.2, 0) is 15.0 Å². The first-order chi connectivity index (χ1) is 16.3. The molecule has 0 saturated heterocycles. The summed E-state index contributed by atoms with van der Waals surface area (Å²) in [5.41, 5.74) is 7.89. The van der Waals surface area contributed by atoms with Crippen LogP contribution in [0, 0.1) is 0 Å². The number of aromatic nitrogens is 3. The van der Waals surface area contributed by atoms with Crippen LogP contribution in [0.15, 0.2) is 30.6 Å². The highest BCUT2D eigenvalue weighted by atomic mass is 16.5. The summed E-state index contributed by atoms with van der Waals surface area (Å²) < 4.78 is 16.8. The van der Waals surface area contributed by atoms with Crippen molar-refractivity contribution in [3.8, 4) is 5.88 Å². The smallest absolute Gasteiger partial charge is 0.340 e. The molecule has 1 saturated carbocycles. The van der Waals surface area contributed by atoms with Gasteiger partial charge in [0, 0.05) is 31.0 Å². The number of pyridine rings is 3. The molecule has 0 radical (unpaired) electrons. The molecule has 0 spiro atoms. The van der Waals surface area contributed by atoms with Crippen LogP contribution in [0.4, 0.5) is 11.6 Å². The van der Waals surface area contributed by atoms with Crippen LogP contribution >= 0.6 is 0 Å². The Hall–Kier alpha value is -3.30. The van der Waals surface area contributed by atoms with Crippen molar-refractivity contribution < 1.29 is 19.0 Å². The van der Waals surface area contributed by atoms with E-state index in [-0.39, 0.29) is 24.1 Å². The minimum atomic E-state index is -0.757. The molecule has 5 rings (SSSR count). The van der Waals surface area contributed by atoms with Crippen molar-refractivity contribution in [2.75, 3.05) is 19.0 Å². The van der Waals surface area contributed by atoms with Gasteiger partial charge in [0.25, 0.3) is 0 Å². The van der Waals surface area contributed by atoms with Gasteiger partial charge in [-0.25, -0.2) is 19.7 Å². The summed E-state index contributed by atoms with van der Waals surface area (Å²) >= 11 is 0. The summed E-state index contributed by atoms with van der Waals surface area (Å²) in [5.74, 6) is 1.39. The third-order valence-electron chi connectivity index (χ3n) is 6.43. The van der Waals surface area contributed by atoms with Crippen molar-refractivity contribution in [2.24, 2.45) is 5.73 Å². The average molecular weight is 464 g/mol. The summed E-state index contributed by atoms with van der Waals surface area (Å²) in [4.78, 5) is 26.1. The minimum absolute atomic E-state index is 0.00851. The predicted octanol–water partition coefficient (Wildman–Crippen LogP) is 3.79. The minimum Gasteiger partial charge on any atom is -0.474 e. The van der Waals surface area contributed by atoms with Crippen LogP contribution in [0.1, 0.15) is 61.1 Å². The van der Waals surface area contributed by atoms with Gasteiger partial charge in [0.15, 0.2) is 0 Å². The number of fused-ring (bicyclic) bond motifs is 2. The molecule has 34 heavy (non-hydrogen) atoms. The number of methoxy groups -OCH3 is 1. The summed E-state index contributed by atoms with van der Waals surface area (Å²) in [5, 5.41) is 4.95. The highest BCUT2D eigenvalue weighted by molar-refractivity contribution is 5.93. The zero-order chi connectivity index (χ0) is 24.0. The summed E-state index contributed by atoms with van der Waals surface area (Å²) in [6.45, 7) is 6.11. The van der Waals surface area contributed by atoms with E-state index in [1.54, 1.807) is 31.6 Å². The Bertz CT molecular complexity index is 1260. The van der Waals surface area contributed by atoms with Crippen molar-refractivity contribution in [3.63, 3.8) is 0 Å². The second-order valence-electron chi connectivity index (χ2n) is 9.41. The van der Waals surface area contributed by atoms with E-state index < -0.39 is 5.54 Å². The van der Waals surface area contributed by atoms with Gasteiger partial charge >= 0.3 is 5.97 Å². The molecule has 9 heteroatoms. The van der Waals surface area contributed by atoms with E-state index in [0.717, 1.165) is 29.2 Å². The number of nitrogens with zero attached hydrogens (tertiary/aromatic N) is 3. The number of cyclic esters (lactones) is 1. The number of esters is 1. The largest absolute Gasteiger partial charge is 0.474 e. The maximum absolute atomic E-state index is 12.2. The fourth-order valence-corrected chi connectivity index (χ4v) is 4.20. The van der Waals surface area contributed by atoms with Crippen LogP contribution in [0.25, 0.3) is 10.8 Å². The van der Waals surface area contributed by atoms with E-state index >= 15 is 0 Å². The zero-order valence-electron chi connectivity index (χ0n) is 19.8. The number of carbonyl (C=O) groups is 1. The van der Waals surface area contributed by atoms with Gasteiger partial charge < -0.3 is 25.3 Å². The topological polar surface area (TPSA) is 121 Å². The molecule has 0 aromatic carbocycles. The molecule has 3 N–H and O–H groups in total. The van der Waals surface area contributed by atoms with E-state index in [1.807, 2.05) is 26.8 Å². The third kappa shape index (κ3) is 4.17. The van der Waals surface area contributed by atoms with E-state index in [9.17, 15) is 4.79 Å². The van der Waals surface area contributed by atoms with Crippen molar-refractivity contribution >= 4 is 28.4 Å². The third-order valence-corrected chi connectivity index (χ3v) is 6.43. The summed E-state index contributed by atoms with van der Waals surface area (Å²) in [6, 6.07) is 5.42. The van der Waals surface area contributed by atoms with Crippen LogP contribution in [0.5, 0.6) is 5.88 Å². The van der Waals surface area contributed by atoms with Gasteiger partial charge in [-0.05, 0) is 50.3 Å². The van der Waals surface area contributed by atoms with Crippen LogP contribution < -0.4 is 15.8 Å². The maximum Gasteiger partial charge on any atom is 0.340 e. The number of ether oxygens (including phenoxy) is 3. The van der Waals surface area contributed by atoms with Crippen molar-refractivity contribution in [3.05, 3.63) is 47.4 Å². The average Bonchev–Trinajstić information content (AvgIpc) is 3.61. The van der Waals surface area contributed by atoms with Gasteiger partial charge in [-0.2, -0.15) is 0 Å². The normalized spacial score (nSPS) is 21.5. The second kappa shape index (κ2) is 8.48. The second-order valence-corrected chi connectivity index (χ2v) is 9.41. The fraction of sp³-hybridized carbons (Fsp3) is 0.440. The van der Waals surface area contributed by atoms with Gasteiger partial charge in [-0.3, -0.25) is 0 Å². The SMILES string of the molecule is COC[C@](C)(N)c1cnc(OC2CC2)c2cnc(Nc3ccc4c(n3)[C@@H](C)[C@H](C)OC4=O)cc12. The number of hydrogen-bond donors (Lipinski definition) is 2. The van der Waals surface area contributed by atoms with Gasteiger partial charge in [-0.1, -0.05) is 6.92 Å². The molecule has 3 aromatic rings. The fourth-order valence-electron chi connectivity index (χ4n) is 4.20. The van der Waals surface area contributed by atoms with Crippen LogP contribution in [0.2, 0.25) is 0 Å². The Morgan fingerprint density at radius 1 is 1.18 bits per heavy atom.